The Hall–Kier alpha value is -4.09. The highest BCUT2D eigenvalue weighted by atomic mass is 32.2. The monoisotopic (exact) mass is 772 g/mol. The number of nitrogens with one attached hydrogen (secondary N) is 1. The summed E-state index contributed by atoms with van der Waals surface area (Å²) in [5, 5.41) is 21.4. The topological polar surface area (TPSA) is 225 Å². The Kier molecular flexibility index (Phi) is 11.1. The first-order chi connectivity index (χ1) is 24.3. The molecule has 2 aliphatic heterocycles. The van der Waals surface area contributed by atoms with Crippen LogP contribution in [0.25, 0.3) is 0 Å². The number of hydrogen-bond acceptors (Lipinski definition) is 10. The minimum Gasteiger partial charge on any atom is -0.481 e. The number of ketones is 1. The maximum Gasteiger partial charge on any atom is 0.303 e. The molecule has 3 aliphatic rings. The molecule has 278 valence electrons. The normalized spacial score (nSPS) is 22.6. The largest absolute Gasteiger partial charge is 0.481 e. The number of carbonyl (C=O) groups excluding carboxylic acids is 1. The van der Waals surface area contributed by atoms with E-state index in [0.717, 1.165) is 0 Å². The van der Waals surface area contributed by atoms with Gasteiger partial charge >= 0.3 is 11.9 Å². The number of thiol groups is 1. The maximum absolute atomic E-state index is 13.8. The average Bonchev–Trinajstić information content (AvgIpc) is 3.49. The third kappa shape index (κ3) is 7.95. The Morgan fingerprint density at radius 2 is 1.33 bits per heavy atom. The quantitative estimate of drug-likeness (QED) is 0.0462. The van der Waals surface area contributed by atoms with Crippen LogP contribution in [0.15, 0.2) is 85.1 Å². The van der Waals surface area contributed by atoms with Crippen LogP contribution >= 0.6 is 12.6 Å². The van der Waals surface area contributed by atoms with Crippen molar-refractivity contribution in [2.24, 2.45) is 4.99 Å². The lowest BCUT2D eigenvalue weighted by Crippen LogP contribution is -2.31. The molecule has 0 saturated carbocycles. The minimum atomic E-state index is -4.52. The van der Waals surface area contributed by atoms with Gasteiger partial charge in [0.05, 0.1) is 21.2 Å². The summed E-state index contributed by atoms with van der Waals surface area (Å²) in [6, 6.07) is 8.31. The smallest absolute Gasteiger partial charge is 0.303 e. The predicted octanol–water partition coefficient (Wildman–Crippen LogP) is 6.55. The molecule has 2 atom stereocenters. The molecule has 0 amide bonds. The lowest BCUT2D eigenvalue weighted by molar-refractivity contribution is -0.138. The third-order valence-electron chi connectivity index (χ3n) is 10.1. The first-order valence-corrected chi connectivity index (χ1v) is 20.0. The fourth-order valence-electron chi connectivity index (χ4n) is 7.06. The van der Waals surface area contributed by atoms with Crippen molar-refractivity contribution in [2.75, 3.05) is 5.32 Å². The van der Waals surface area contributed by atoms with Crippen LogP contribution in [-0.2, 0) is 45.4 Å². The number of nitrogens with zero attached hydrogens (tertiary/aromatic N) is 1. The molecule has 1 aliphatic carbocycles. The van der Waals surface area contributed by atoms with E-state index in [0.29, 0.717) is 90.2 Å². The minimum absolute atomic E-state index is 0.0111. The second-order valence-electron chi connectivity index (χ2n) is 13.7. The number of aliphatic imine (C=N–C) groups is 1. The summed E-state index contributed by atoms with van der Waals surface area (Å²) in [5.74, 6) is -2.14. The number of carboxylic acids is 2. The van der Waals surface area contributed by atoms with E-state index in [1.54, 1.807) is 12.2 Å². The van der Waals surface area contributed by atoms with E-state index < -0.39 is 43.0 Å². The zero-order valence-electron chi connectivity index (χ0n) is 28.5. The number of hydrogen-bond donors (Lipinski definition) is 6. The molecular weight excluding hydrogens is 733 g/mol. The Balaban J connectivity index is 1.48. The van der Waals surface area contributed by atoms with E-state index in [1.165, 1.54) is 36.4 Å². The highest BCUT2D eigenvalue weighted by molar-refractivity contribution is 7.86. The van der Waals surface area contributed by atoms with Crippen molar-refractivity contribution >= 4 is 67.7 Å². The highest BCUT2D eigenvalue weighted by Gasteiger charge is 2.43. The van der Waals surface area contributed by atoms with Crippen molar-refractivity contribution in [1.29, 1.82) is 0 Å². The maximum atomic E-state index is 13.8. The van der Waals surface area contributed by atoms with Crippen LogP contribution in [0.4, 0.5) is 11.4 Å². The third-order valence-corrected chi connectivity index (χ3v) is 12.3. The molecule has 0 saturated heterocycles. The van der Waals surface area contributed by atoms with Crippen LogP contribution in [0.3, 0.4) is 0 Å². The summed E-state index contributed by atoms with van der Waals surface area (Å²) < 4.78 is 67.5. The Labute approximate surface area is 307 Å². The van der Waals surface area contributed by atoms with E-state index >= 15 is 0 Å². The molecule has 2 unspecified atom stereocenters. The van der Waals surface area contributed by atoms with Crippen molar-refractivity contribution < 1.29 is 50.5 Å². The number of benzene rings is 2. The summed E-state index contributed by atoms with van der Waals surface area (Å²) >= 11 is 4.69. The van der Waals surface area contributed by atoms with Crippen LogP contribution in [0.5, 0.6) is 0 Å². The number of rotatable bonds is 16. The molecule has 13 nitrogen and oxygen atoms in total. The molecule has 2 heterocycles. The van der Waals surface area contributed by atoms with Gasteiger partial charge < -0.3 is 15.5 Å². The van der Waals surface area contributed by atoms with E-state index in [4.69, 9.17) is 15.2 Å². The number of fused-ring (bicyclic) bond motifs is 2. The molecule has 5 N–H and O–H groups in total. The van der Waals surface area contributed by atoms with Gasteiger partial charge in [-0.15, -0.1) is 12.6 Å². The highest BCUT2D eigenvalue weighted by Crippen LogP contribution is 2.50. The second-order valence-corrected chi connectivity index (χ2v) is 17.0. The lowest BCUT2D eigenvalue weighted by Gasteiger charge is -2.30. The van der Waals surface area contributed by atoms with E-state index in [2.05, 4.69) is 17.9 Å². The standard InChI is InChI=1S/C36H40N2O11S3/c1-35(15-7-3-5-9-31(39)40)25-17-21(51(44,45)46)11-13-27(25)37-29(35)19-23-33(43)24(34(23)50)20-30-36(2,16-8-4-6-10-32(41)42)26-18-22(52(47,48)49)12-14-28(26)38-30/h11-14,17-20,37,50H,3-10,15-16H2,1-2H3,(H,39,40)(H,41,42)(H,44,45,46)(H,47,48,49). The predicted molar refractivity (Wildman–Crippen MR) is 197 cm³/mol. The average molecular weight is 773 g/mol. The number of Topliss-reactive ketones (excluding diaryl/α,β-unsaturated/α-hetero) is 1. The number of allylic oxidation sites excluding steroid dienone is 5. The van der Waals surface area contributed by atoms with Gasteiger partial charge in [-0.25, -0.2) is 0 Å². The van der Waals surface area contributed by atoms with Gasteiger partial charge in [0.25, 0.3) is 20.2 Å². The first kappa shape index (κ1) is 39.1. The van der Waals surface area contributed by atoms with Crippen LogP contribution in [0, 0.1) is 0 Å². The summed E-state index contributed by atoms with van der Waals surface area (Å²) in [7, 11) is -9.03. The fourth-order valence-corrected chi connectivity index (χ4v) is 8.40. The van der Waals surface area contributed by atoms with Gasteiger partial charge in [0.2, 0.25) is 0 Å². The van der Waals surface area contributed by atoms with Gasteiger partial charge in [-0.3, -0.25) is 28.5 Å². The molecule has 52 heavy (non-hydrogen) atoms. The number of anilines is 1. The summed E-state index contributed by atoms with van der Waals surface area (Å²) in [4.78, 5) is 40.3. The molecule has 16 heteroatoms. The number of unbranched alkanes of at least 4 members (excludes halogenated alkanes) is 4. The lowest BCUT2D eigenvalue weighted by atomic mass is 9.73. The van der Waals surface area contributed by atoms with Crippen molar-refractivity contribution in [1.82, 2.24) is 0 Å². The second kappa shape index (κ2) is 14.7. The van der Waals surface area contributed by atoms with Crippen molar-refractivity contribution in [2.45, 2.75) is 98.7 Å². The van der Waals surface area contributed by atoms with Crippen molar-refractivity contribution in [3.63, 3.8) is 0 Å². The molecule has 2 aromatic rings. The molecule has 0 spiro atoms. The molecule has 2 aromatic carbocycles. The van der Waals surface area contributed by atoms with Crippen LogP contribution in [0.1, 0.15) is 89.2 Å². The molecule has 5 rings (SSSR count). The summed E-state index contributed by atoms with van der Waals surface area (Å²) in [6.45, 7) is 3.74. The number of carboxylic acid groups (broad SMARTS) is 2. The fraction of sp³-hybridized carbons (Fsp3) is 0.389. The molecule has 0 fully saturated rings. The molecule has 0 aromatic heterocycles. The van der Waals surface area contributed by atoms with E-state index in [9.17, 15) is 40.3 Å². The summed E-state index contributed by atoms with van der Waals surface area (Å²) in [5.41, 5.74) is 2.13. The molecule has 0 radical (unpaired) electrons. The van der Waals surface area contributed by atoms with Gasteiger partial charge in [0.15, 0.2) is 5.78 Å². The van der Waals surface area contributed by atoms with Gasteiger partial charge in [0.1, 0.15) is 0 Å². The van der Waals surface area contributed by atoms with Crippen LogP contribution in [0.2, 0.25) is 0 Å². The Morgan fingerprint density at radius 3 is 1.87 bits per heavy atom. The zero-order chi connectivity index (χ0) is 38.2. The summed E-state index contributed by atoms with van der Waals surface area (Å²) in [6.07, 6.45) is 7.52. The van der Waals surface area contributed by atoms with E-state index in [-0.39, 0.29) is 39.6 Å². The SMILES string of the molecule is CC1(CCCCCC(=O)O)C(C=C2C(=O)C(C=C3Nc4ccc(S(=O)(=O)O)cc4C3(C)CCCCCC(=O)O)=C2S)=Nc2ccc(S(=O)(=O)O)cc21. The Bertz CT molecular complexity index is 2200. The molecule has 0 bridgehead atoms. The number of aliphatic carboxylic acids is 2. The van der Waals surface area contributed by atoms with E-state index in [1.807, 2.05) is 13.8 Å². The van der Waals surface area contributed by atoms with Gasteiger partial charge in [-0.05, 0) is 99.2 Å². The van der Waals surface area contributed by atoms with Gasteiger partial charge in [0, 0.05) is 51.1 Å². The van der Waals surface area contributed by atoms with Crippen molar-refractivity contribution in [3.05, 3.63) is 81.4 Å². The van der Waals surface area contributed by atoms with Crippen molar-refractivity contribution in [3.8, 4) is 0 Å². The van der Waals surface area contributed by atoms with Crippen LogP contribution < -0.4 is 5.32 Å². The Morgan fingerprint density at radius 1 is 0.788 bits per heavy atom. The molecular formula is C36H40N2O11S3. The van der Waals surface area contributed by atoms with Crippen LogP contribution in [-0.4, -0.2) is 59.6 Å². The number of carbonyl (C=O) groups is 3. The van der Waals surface area contributed by atoms with Gasteiger partial charge in [-0.1, -0.05) is 25.7 Å². The van der Waals surface area contributed by atoms with Gasteiger partial charge in [-0.2, -0.15) is 16.8 Å². The zero-order valence-corrected chi connectivity index (χ0v) is 31.1. The first-order valence-electron chi connectivity index (χ1n) is 16.7.